The highest BCUT2D eigenvalue weighted by Crippen LogP contribution is 2.13. The molecule has 0 fully saturated rings. The van der Waals surface area contributed by atoms with Crippen LogP contribution < -0.4 is 0 Å². The first-order valence-corrected chi connectivity index (χ1v) is 6.29. The number of rotatable bonds is 6. The summed E-state index contributed by atoms with van der Waals surface area (Å²) < 4.78 is 1.11. The van der Waals surface area contributed by atoms with E-state index in [1.165, 1.54) is 5.56 Å². The van der Waals surface area contributed by atoms with Crippen LogP contribution in [0.3, 0.4) is 0 Å². The number of carbonyl (C=O) groups excluding carboxylic acids is 1. The third-order valence-corrected chi connectivity index (χ3v) is 2.90. The van der Waals surface area contributed by atoms with Crippen molar-refractivity contribution in [2.24, 2.45) is 0 Å². The molecule has 0 atom stereocenters. The molecule has 0 saturated carbocycles. The average molecular weight is 284 g/mol. The van der Waals surface area contributed by atoms with Crippen LogP contribution in [0, 0.1) is 0 Å². The monoisotopic (exact) mass is 283 g/mol. The lowest BCUT2D eigenvalue weighted by atomic mass is 10.2. The Morgan fingerprint density at radius 2 is 2.19 bits per heavy atom. The number of ketones is 1. The molecule has 0 aliphatic heterocycles. The lowest BCUT2D eigenvalue weighted by Gasteiger charge is -2.16. The van der Waals surface area contributed by atoms with Gasteiger partial charge in [-0.3, -0.25) is 0 Å². The third kappa shape index (κ3) is 5.42. The van der Waals surface area contributed by atoms with Gasteiger partial charge in [0.05, 0.1) is 0 Å². The van der Waals surface area contributed by atoms with Crippen LogP contribution in [0.4, 0.5) is 0 Å². The zero-order valence-corrected chi connectivity index (χ0v) is 11.5. The van der Waals surface area contributed by atoms with Gasteiger partial charge in [-0.1, -0.05) is 28.1 Å². The number of benzene rings is 1. The first-order valence-electron chi connectivity index (χ1n) is 5.50. The van der Waals surface area contributed by atoms with Crippen LogP contribution in [0.1, 0.15) is 25.3 Å². The van der Waals surface area contributed by atoms with Crippen molar-refractivity contribution in [3.05, 3.63) is 34.3 Å². The molecule has 0 bridgehead atoms. The minimum Gasteiger partial charge on any atom is -0.302 e. The quantitative estimate of drug-likeness (QED) is 0.799. The maximum atomic E-state index is 10.8. The molecular formula is C13H18BrNO. The summed E-state index contributed by atoms with van der Waals surface area (Å²) in [5, 5.41) is 0. The first kappa shape index (κ1) is 13.4. The molecule has 1 rings (SSSR count). The molecule has 3 heteroatoms. The summed E-state index contributed by atoms with van der Waals surface area (Å²) in [6, 6.07) is 8.32. The average Bonchev–Trinajstić information content (AvgIpc) is 2.16. The van der Waals surface area contributed by atoms with E-state index >= 15 is 0 Å². The smallest absolute Gasteiger partial charge is 0.129 e. The Hall–Kier alpha value is -0.670. The van der Waals surface area contributed by atoms with Crippen molar-refractivity contribution >= 4 is 21.7 Å². The number of Topliss-reactive ketones (excluding diaryl/α,β-unsaturated/α-hetero) is 1. The highest BCUT2D eigenvalue weighted by molar-refractivity contribution is 9.10. The molecule has 0 heterocycles. The van der Waals surface area contributed by atoms with E-state index in [0.29, 0.717) is 6.42 Å². The van der Waals surface area contributed by atoms with Crippen LogP contribution in [0.15, 0.2) is 28.7 Å². The van der Waals surface area contributed by atoms with Crippen molar-refractivity contribution < 1.29 is 4.79 Å². The molecule has 1 aromatic rings. The van der Waals surface area contributed by atoms with E-state index in [0.717, 1.165) is 24.0 Å². The van der Waals surface area contributed by atoms with Gasteiger partial charge in [0.15, 0.2) is 0 Å². The van der Waals surface area contributed by atoms with Gasteiger partial charge in [-0.2, -0.15) is 0 Å². The predicted molar refractivity (Wildman–Crippen MR) is 70.4 cm³/mol. The zero-order valence-electron chi connectivity index (χ0n) is 9.87. The van der Waals surface area contributed by atoms with Crippen molar-refractivity contribution in [2.45, 2.75) is 26.3 Å². The Bertz CT molecular complexity index is 352. The molecule has 0 aromatic heterocycles. The van der Waals surface area contributed by atoms with E-state index in [1.807, 2.05) is 12.1 Å². The van der Waals surface area contributed by atoms with E-state index in [9.17, 15) is 4.79 Å². The topological polar surface area (TPSA) is 20.3 Å². The summed E-state index contributed by atoms with van der Waals surface area (Å²) in [5.74, 6) is 0.274. The van der Waals surface area contributed by atoms with Gasteiger partial charge in [0.25, 0.3) is 0 Å². The lowest BCUT2D eigenvalue weighted by molar-refractivity contribution is -0.117. The number of carbonyl (C=O) groups is 1. The fraction of sp³-hybridized carbons (Fsp3) is 0.462. The molecular weight excluding hydrogens is 266 g/mol. The van der Waals surface area contributed by atoms with Crippen molar-refractivity contribution in [3.8, 4) is 0 Å². The Labute approximate surface area is 106 Å². The van der Waals surface area contributed by atoms with E-state index in [4.69, 9.17) is 0 Å². The molecule has 0 spiro atoms. The Morgan fingerprint density at radius 3 is 2.81 bits per heavy atom. The van der Waals surface area contributed by atoms with Crippen LogP contribution in [0.5, 0.6) is 0 Å². The Morgan fingerprint density at radius 1 is 1.44 bits per heavy atom. The predicted octanol–water partition coefficient (Wildman–Crippen LogP) is 3.25. The van der Waals surface area contributed by atoms with Crippen molar-refractivity contribution in [1.82, 2.24) is 4.90 Å². The summed E-state index contributed by atoms with van der Waals surface area (Å²) in [7, 11) is 2.08. The molecule has 2 nitrogen and oxygen atoms in total. The largest absolute Gasteiger partial charge is 0.302 e. The van der Waals surface area contributed by atoms with Crippen LogP contribution >= 0.6 is 15.9 Å². The van der Waals surface area contributed by atoms with Crippen LogP contribution in [0.25, 0.3) is 0 Å². The minimum atomic E-state index is 0.274. The summed E-state index contributed by atoms with van der Waals surface area (Å²) in [4.78, 5) is 13.0. The molecule has 0 amide bonds. The van der Waals surface area contributed by atoms with Gasteiger partial charge >= 0.3 is 0 Å². The molecule has 16 heavy (non-hydrogen) atoms. The number of hydrogen-bond donors (Lipinski definition) is 0. The normalized spacial score (nSPS) is 10.8. The molecule has 0 unspecified atom stereocenters. The standard InChI is InChI=1S/C13H18BrNO/c1-11(16)5-4-8-15(2)10-12-6-3-7-13(14)9-12/h3,6-7,9H,4-5,8,10H2,1-2H3. The highest BCUT2D eigenvalue weighted by atomic mass is 79.9. The first-order chi connectivity index (χ1) is 7.58. The number of hydrogen-bond acceptors (Lipinski definition) is 2. The maximum Gasteiger partial charge on any atom is 0.129 e. The zero-order chi connectivity index (χ0) is 12.0. The number of nitrogens with zero attached hydrogens (tertiary/aromatic N) is 1. The second kappa shape index (κ2) is 6.81. The van der Waals surface area contributed by atoms with Crippen LogP contribution in [0.2, 0.25) is 0 Å². The van der Waals surface area contributed by atoms with E-state index in [2.05, 4.69) is 40.0 Å². The van der Waals surface area contributed by atoms with Gasteiger partial charge < -0.3 is 9.69 Å². The molecule has 88 valence electrons. The van der Waals surface area contributed by atoms with Crippen molar-refractivity contribution in [1.29, 1.82) is 0 Å². The Kier molecular flexibility index (Phi) is 5.71. The second-order valence-electron chi connectivity index (χ2n) is 4.17. The van der Waals surface area contributed by atoms with Gasteiger partial charge in [-0.15, -0.1) is 0 Å². The van der Waals surface area contributed by atoms with Gasteiger partial charge in [0.1, 0.15) is 5.78 Å². The summed E-state index contributed by atoms with van der Waals surface area (Å²) >= 11 is 3.46. The van der Waals surface area contributed by atoms with Crippen LogP contribution in [-0.4, -0.2) is 24.3 Å². The van der Waals surface area contributed by atoms with E-state index < -0.39 is 0 Å². The molecule has 0 radical (unpaired) electrons. The summed E-state index contributed by atoms with van der Waals surface area (Å²) in [6.45, 7) is 3.54. The molecule has 0 aliphatic rings. The fourth-order valence-electron chi connectivity index (χ4n) is 1.62. The molecule has 0 saturated heterocycles. The van der Waals surface area contributed by atoms with E-state index in [1.54, 1.807) is 6.92 Å². The fourth-order valence-corrected chi connectivity index (χ4v) is 2.07. The van der Waals surface area contributed by atoms with Crippen LogP contribution in [-0.2, 0) is 11.3 Å². The van der Waals surface area contributed by atoms with Gasteiger partial charge in [-0.25, -0.2) is 0 Å². The molecule has 0 N–H and O–H groups in total. The second-order valence-corrected chi connectivity index (χ2v) is 5.09. The van der Waals surface area contributed by atoms with Gasteiger partial charge in [0.2, 0.25) is 0 Å². The maximum absolute atomic E-state index is 10.8. The molecule has 1 aromatic carbocycles. The summed E-state index contributed by atoms with van der Waals surface area (Å²) in [5.41, 5.74) is 1.29. The van der Waals surface area contributed by atoms with E-state index in [-0.39, 0.29) is 5.78 Å². The Balaban J connectivity index is 2.33. The number of halogens is 1. The van der Waals surface area contributed by atoms with Crippen molar-refractivity contribution in [3.63, 3.8) is 0 Å². The minimum absolute atomic E-state index is 0.274. The third-order valence-electron chi connectivity index (χ3n) is 2.41. The van der Waals surface area contributed by atoms with Crippen molar-refractivity contribution in [2.75, 3.05) is 13.6 Å². The molecule has 0 aliphatic carbocycles. The lowest BCUT2D eigenvalue weighted by Crippen LogP contribution is -2.19. The highest BCUT2D eigenvalue weighted by Gasteiger charge is 2.01. The van der Waals surface area contributed by atoms with Gasteiger partial charge in [-0.05, 0) is 44.6 Å². The SMILES string of the molecule is CC(=O)CCCN(C)Cc1cccc(Br)c1. The summed E-state index contributed by atoms with van der Waals surface area (Å²) in [6.07, 6.45) is 1.63. The van der Waals surface area contributed by atoms with Gasteiger partial charge in [0, 0.05) is 17.4 Å².